The second-order valence-corrected chi connectivity index (χ2v) is 7.51. The monoisotopic (exact) mass is 397 g/mol. The normalized spacial score (nSPS) is 25.9. The van der Waals surface area contributed by atoms with Gasteiger partial charge in [-0.2, -0.15) is 0 Å². The fraction of sp³-hybridized carbons (Fsp3) is 0.500. The summed E-state index contributed by atoms with van der Waals surface area (Å²) in [7, 11) is 0. The molecule has 0 radical (unpaired) electrons. The molecule has 3 rings (SSSR count). The maximum Gasteiger partial charge on any atom is 0.306 e. The Bertz CT molecular complexity index is 713. The molecule has 2 heterocycles. The topological polar surface area (TPSA) is 72.9 Å². The first kappa shape index (κ1) is 19.0. The van der Waals surface area contributed by atoms with E-state index >= 15 is 0 Å². The van der Waals surface area contributed by atoms with Gasteiger partial charge in [-0.15, -0.1) is 0 Å². The van der Waals surface area contributed by atoms with Crippen LogP contribution in [0.25, 0.3) is 0 Å². The van der Waals surface area contributed by atoms with E-state index in [9.17, 15) is 14.4 Å². The van der Waals surface area contributed by atoms with Gasteiger partial charge in [-0.25, -0.2) is 0 Å². The zero-order valence-electron chi connectivity index (χ0n) is 14.4. The highest BCUT2D eigenvalue weighted by Gasteiger charge is 2.51. The molecule has 0 spiro atoms. The summed E-state index contributed by atoms with van der Waals surface area (Å²) in [6.07, 6.45) is 2.64. The predicted molar refractivity (Wildman–Crippen MR) is 97.4 cm³/mol. The summed E-state index contributed by atoms with van der Waals surface area (Å²) in [5.41, 5.74) is 0.759. The van der Waals surface area contributed by atoms with Crippen LogP contribution in [0.15, 0.2) is 24.3 Å². The molecule has 3 atom stereocenters. The molecule has 8 heteroatoms. The third-order valence-electron chi connectivity index (χ3n) is 4.68. The number of halogens is 1. The van der Waals surface area contributed by atoms with Gasteiger partial charge in [-0.1, -0.05) is 41.7 Å². The van der Waals surface area contributed by atoms with Crippen molar-refractivity contribution in [3.8, 4) is 0 Å². The molecule has 1 amide bonds. The number of esters is 2. The van der Waals surface area contributed by atoms with Crippen molar-refractivity contribution in [3.05, 3.63) is 34.9 Å². The zero-order chi connectivity index (χ0) is 18.7. The molecule has 2 saturated heterocycles. The lowest BCUT2D eigenvalue weighted by molar-refractivity contribution is -0.175. The van der Waals surface area contributed by atoms with E-state index in [4.69, 9.17) is 21.1 Å². The van der Waals surface area contributed by atoms with Gasteiger partial charge in [0, 0.05) is 24.1 Å². The molecular weight excluding hydrogens is 378 g/mol. The van der Waals surface area contributed by atoms with Crippen LogP contribution in [-0.4, -0.2) is 41.1 Å². The molecule has 0 aromatic heterocycles. The van der Waals surface area contributed by atoms with Crippen molar-refractivity contribution in [3.63, 3.8) is 0 Å². The molecule has 0 saturated carbocycles. The minimum Gasteiger partial charge on any atom is -0.466 e. The predicted octanol–water partition coefficient (Wildman–Crippen LogP) is 3.15. The lowest BCUT2D eigenvalue weighted by Gasteiger charge is -2.44. The van der Waals surface area contributed by atoms with Gasteiger partial charge in [0.1, 0.15) is 6.04 Å². The molecule has 2 aliphatic heterocycles. The molecular formula is C18H20ClNO5S. The van der Waals surface area contributed by atoms with Crippen molar-refractivity contribution < 1.29 is 23.9 Å². The number of hydrogen-bond acceptors (Lipinski definition) is 6. The molecule has 0 aliphatic carbocycles. The average molecular weight is 398 g/mol. The number of rotatable bonds is 5. The van der Waals surface area contributed by atoms with Crippen molar-refractivity contribution in [2.45, 2.75) is 37.8 Å². The highest BCUT2D eigenvalue weighted by molar-refractivity contribution is 7.96. The SMILES string of the molecule is CSN1C(=O)[C@@H](OC(=O)CC2CCOC(=O)CC2)C1c1ccccc1Cl. The molecule has 0 bridgehead atoms. The minimum absolute atomic E-state index is 0.0274. The molecule has 140 valence electrons. The first-order chi connectivity index (χ1) is 12.5. The van der Waals surface area contributed by atoms with E-state index in [1.54, 1.807) is 16.6 Å². The average Bonchev–Trinajstić information content (AvgIpc) is 2.82. The summed E-state index contributed by atoms with van der Waals surface area (Å²) in [6.45, 7) is 0.321. The van der Waals surface area contributed by atoms with Crippen LogP contribution >= 0.6 is 23.5 Å². The Hall–Kier alpha value is -1.73. The quantitative estimate of drug-likeness (QED) is 0.431. The van der Waals surface area contributed by atoms with Gasteiger partial charge in [0.25, 0.3) is 5.91 Å². The van der Waals surface area contributed by atoms with Crippen LogP contribution in [0.4, 0.5) is 0 Å². The van der Waals surface area contributed by atoms with E-state index in [1.807, 2.05) is 18.2 Å². The highest BCUT2D eigenvalue weighted by Crippen LogP contribution is 2.43. The van der Waals surface area contributed by atoms with E-state index in [0.717, 1.165) is 5.56 Å². The minimum atomic E-state index is -0.862. The molecule has 2 aliphatic rings. The molecule has 26 heavy (non-hydrogen) atoms. The van der Waals surface area contributed by atoms with Crippen molar-refractivity contribution in [1.82, 2.24) is 4.31 Å². The van der Waals surface area contributed by atoms with E-state index in [-0.39, 0.29) is 24.2 Å². The van der Waals surface area contributed by atoms with Crippen LogP contribution in [0.3, 0.4) is 0 Å². The van der Waals surface area contributed by atoms with Crippen molar-refractivity contribution in [1.29, 1.82) is 0 Å². The molecule has 1 aromatic rings. The number of benzene rings is 1. The van der Waals surface area contributed by atoms with Crippen LogP contribution < -0.4 is 0 Å². The Morgan fingerprint density at radius 1 is 1.35 bits per heavy atom. The summed E-state index contributed by atoms with van der Waals surface area (Å²) in [5.74, 6) is -0.875. The smallest absolute Gasteiger partial charge is 0.306 e. The summed E-state index contributed by atoms with van der Waals surface area (Å²) in [5, 5.41) is 0.532. The zero-order valence-corrected chi connectivity index (χ0v) is 15.9. The van der Waals surface area contributed by atoms with Crippen LogP contribution in [0, 0.1) is 5.92 Å². The lowest BCUT2D eigenvalue weighted by atomic mass is 9.93. The fourth-order valence-corrected chi connectivity index (χ4v) is 4.25. The third kappa shape index (κ3) is 3.99. The number of nitrogens with zero attached hydrogens (tertiary/aromatic N) is 1. The Balaban J connectivity index is 1.65. The Morgan fingerprint density at radius 3 is 2.85 bits per heavy atom. The van der Waals surface area contributed by atoms with Gasteiger partial charge in [0.15, 0.2) is 0 Å². The van der Waals surface area contributed by atoms with Crippen LogP contribution in [0.2, 0.25) is 5.02 Å². The van der Waals surface area contributed by atoms with E-state index in [1.165, 1.54) is 11.9 Å². The van der Waals surface area contributed by atoms with Gasteiger partial charge in [-0.3, -0.25) is 18.7 Å². The Kier molecular flexibility index (Phi) is 6.09. The Labute approximate surface area is 161 Å². The summed E-state index contributed by atoms with van der Waals surface area (Å²) in [4.78, 5) is 36.0. The number of carbonyl (C=O) groups is 3. The first-order valence-corrected chi connectivity index (χ1v) is 10.0. The molecule has 2 unspecified atom stereocenters. The number of ether oxygens (including phenoxy) is 2. The van der Waals surface area contributed by atoms with E-state index in [0.29, 0.717) is 30.9 Å². The highest BCUT2D eigenvalue weighted by atomic mass is 35.5. The van der Waals surface area contributed by atoms with E-state index < -0.39 is 18.1 Å². The van der Waals surface area contributed by atoms with Crippen molar-refractivity contribution >= 4 is 41.4 Å². The van der Waals surface area contributed by atoms with E-state index in [2.05, 4.69) is 0 Å². The largest absolute Gasteiger partial charge is 0.466 e. The van der Waals surface area contributed by atoms with Crippen molar-refractivity contribution in [2.24, 2.45) is 5.92 Å². The van der Waals surface area contributed by atoms with Gasteiger partial charge < -0.3 is 9.47 Å². The van der Waals surface area contributed by atoms with Crippen LogP contribution in [0.1, 0.15) is 37.3 Å². The second kappa shape index (κ2) is 8.31. The standard InChI is InChI=1S/C18H20ClNO5S/c1-26-20-16(12-4-2-3-5-13(12)19)17(18(20)23)25-15(22)10-11-6-7-14(21)24-9-8-11/h2-5,11,16-17H,6-10H2,1H3/t11?,16?,17-/m0/s1. The third-order valence-corrected chi connectivity index (χ3v) is 5.82. The molecule has 6 nitrogen and oxygen atoms in total. The molecule has 0 N–H and O–H groups in total. The second-order valence-electron chi connectivity index (χ2n) is 6.34. The van der Waals surface area contributed by atoms with Crippen molar-refractivity contribution in [2.75, 3.05) is 12.9 Å². The first-order valence-electron chi connectivity index (χ1n) is 8.48. The molecule has 2 fully saturated rings. The number of amides is 1. The van der Waals surface area contributed by atoms with Gasteiger partial charge >= 0.3 is 11.9 Å². The number of hydrogen-bond donors (Lipinski definition) is 0. The van der Waals surface area contributed by atoms with Gasteiger partial charge in [0.2, 0.25) is 6.10 Å². The maximum absolute atomic E-state index is 12.4. The maximum atomic E-state index is 12.4. The fourth-order valence-electron chi connectivity index (χ4n) is 3.27. The summed E-state index contributed by atoms with van der Waals surface area (Å²) >= 11 is 7.54. The number of carbonyl (C=O) groups excluding carboxylic acids is 3. The van der Waals surface area contributed by atoms with Crippen LogP contribution in [-0.2, 0) is 23.9 Å². The summed E-state index contributed by atoms with van der Waals surface area (Å²) in [6, 6.07) is 6.84. The van der Waals surface area contributed by atoms with Crippen LogP contribution in [0.5, 0.6) is 0 Å². The number of β-lactam (4-membered cyclic amide) rings is 1. The Morgan fingerprint density at radius 2 is 2.12 bits per heavy atom. The van der Waals surface area contributed by atoms with Gasteiger partial charge in [-0.05, 0) is 30.4 Å². The summed E-state index contributed by atoms with van der Waals surface area (Å²) < 4.78 is 12.1. The lowest BCUT2D eigenvalue weighted by Crippen LogP contribution is -2.57. The number of cyclic esters (lactones) is 1. The van der Waals surface area contributed by atoms with Gasteiger partial charge in [0.05, 0.1) is 6.61 Å². The molecule has 1 aromatic carbocycles.